The van der Waals surface area contributed by atoms with E-state index in [0.29, 0.717) is 0 Å². The minimum atomic E-state index is -0.299. The fourth-order valence-electron chi connectivity index (χ4n) is 2.23. The lowest BCUT2D eigenvalue weighted by atomic mass is 10.2. The molecule has 18 heavy (non-hydrogen) atoms. The summed E-state index contributed by atoms with van der Waals surface area (Å²) in [5.41, 5.74) is 3.40. The van der Waals surface area contributed by atoms with E-state index in [1.54, 1.807) is 11.3 Å². The van der Waals surface area contributed by atoms with Crippen molar-refractivity contribution in [3.63, 3.8) is 0 Å². The zero-order valence-electron chi connectivity index (χ0n) is 10.6. The molecule has 0 fully saturated rings. The third kappa shape index (κ3) is 1.91. The topological polar surface area (TPSA) is 36.4 Å². The Labute approximate surface area is 111 Å². The van der Waals surface area contributed by atoms with Gasteiger partial charge in [0.25, 0.3) is 0 Å². The van der Waals surface area contributed by atoms with Crippen LogP contribution in [0.5, 0.6) is 0 Å². The number of rotatable bonds is 2. The quantitative estimate of drug-likeness (QED) is 0.902. The molecule has 1 unspecified atom stereocenters. The summed E-state index contributed by atoms with van der Waals surface area (Å²) in [7, 11) is 4.06. The molecule has 1 atom stereocenters. The first-order valence-electron chi connectivity index (χ1n) is 6.10. The summed E-state index contributed by atoms with van der Waals surface area (Å²) >= 11 is 1.62. The second-order valence-electron chi connectivity index (χ2n) is 4.83. The molecule has 0 bridgehead atoms. The van der Waals surface area contributed by atoms with Crippen molar-refractivity contribution in [2.75, 3.05) is 19.0 Å². The van der Waals surface area contributed by atoms with Gasteiger partial charge in [0.1, 0.15) is 5.01 Å². The minimum Gasteiger partial charge on any atom is -0.387 e. The molecule has 0 radical (unpaired) electrons. The van der Waals surface area contributed by atoms with Crippen LogP contribution in [0.1, 0.15) is 23.1 Å². The zero-order chi connectivity index (χ0) is 12.7. The van der Waals surface area contributed by atoms with Crippen molar-refractivity contribution in [1.82, 2.24) is 4.98 Å². The number of aliphatic hydroxyl groups excluding tert-OH is 1. The van der Waals surface area contributed by atoms with Crippen LogP contribution in [0.2, 0.25) is 0 Å². The number of thiazole rings is 1. The normalized spacial score (nSPS) is 17.8. The first kappa shape index (κ1) is 11.7. The van der Waals surface area contributed by atoms with E-state index < -0.39 is 0 Å². The largest absolute Gasteiger partial charge is 0.387 e. The molecular weight excluding hydrogens is 244 g/mol. The number of aromatic nitrogens is 1. The second kappa shape index (κ2) is 4.37. The van der Waals surface area contributed by atoms with Crippen LogP contribution in [0, 0.1) is 0 Å². The molecule has 3 nitrogen and oxygen atoms in total. The van der Waals surface area contributed by atoms with Gasteiger partial charge in [-0.2, -0.15) is 0 Å². The molecule has 1 aliphatic rings. The maximum absolute atomic E-state index is 9.82. The van der Waals surface area contributed by atoms with Gasteiger partial charge in [0, 0.05) is 25.3 Å². The molecule has 94 valence electrons. The molecule has 2 aromatic rings. The predicted octanol–water partition coefficient (Wildman–Crippen LogP) is 2.86. The Morgan fingerprint density at radius 3 is 2.61 bits per heavy atom. The SMILES string of the molecule is CN(C)c1ccc(-c2nc3c(s2)C(O)CC3)cc1. The van der Waals surface area contributed by atoms with Crippen LogP contribution < -0.4 is 4.90 Å². The van der Waals surface area contributed by atoms with Gasteiger partial charge in [-0.25, -0.2) is 4.98 Å². The summed E-state index contributed by atoms with van der Waals surface area (Å²) in [6.07, 6.45) is 1.43. The maximum atomic E-state index is 9.82. The number of anilines is 1. The van der Waals surface area contributed by atoms with Crippen LogP contribution >= 0.6 is 11.3 Å². The number of benzene rings is 1. The fourth-order valence-corrected chi connectivity index (χ4v) is 3.37. The predicted molar refractivity (Wildman–Crippen MR) is 75.2 cm³/mol. The number of hydrogen-bond donors (Lipinski definition) is 1. The molecular formula is C14H16N2OS. The van der Waals surface area contributed by atoms with Gasteiger partial charge in [0.2, 0.25) is 0 Å². The van der Waals surface area contributed by atoms with E-state index in [4.69, 9.17) is 0 Å². The average molecular weight is 260 g/mol. The summed E-state index contributed by atoms with van der Waals surface area (Å²) in [5, 5.41) is 10.8. The van der Waals surface area contributed by atoms with Crippen molar-refractivity contribution in [3.05, 3.63) is 34.8 Å². The van der Waals surface area contributed by atoms with Crippen molar-refractivity contribution >= 4 is 17.0 Å². The number of aryl methyl sites for hydroxylation is 1. The van der Waals surface area contributed by atoms with Crippen molar-refractivity contribution < 1.29 is 5.11 Å². The highest BCUT2D eigenvalue weighted by Crippen LogP contribution is 2.39. The molecule has 0 spiro atoms. The Hall–Kier alpha value is -1.39. The van der Waals surface area contributed by atoms with Crippen molar-refractivity contribution in [2.45, 2.75) is 18.9 Å². The lowest BCUT2D eigenvalue weighted by molar-refractivity contribution is 0.183. The van der Waals surface area contributed by atoms with Gasteiger partial charge in [-0.1, -0.05) is 0 Å². The Bertz CT molecular complexity index is 560. The summed E-state index contributed by atoms with van der Waals surface area (Å²) in [6, 6.07) is 8.38. The standard InChI is InChI=1S/C14H16N2OS/c1-16(2)10-5-3-9(4-6-10)14-15-11-7-8-12(17)13(11)18-14/h3-6,12,17H,7-8H2,1-2H3. The zero-order valence-corrected chi connectivity index (χ0v) is 11.4. The summed E-state index contributed by atoms with van der Waals surface area (Å²) in [5.74, 6) is 0. The van der Waals surface area contributed by atoms with Crippen molar-refractivity contribution in [1.29, 1.82) is 0 Å². The van der Waals surface area contributed by atoms with E-state index in [9.17, 15) is 5.11 Å². The van der Waals surface area contributed by atoms with Crippen LogP contribution in [0.15, 0.2) is 24.3 Å². The van der Waals surface area contributed by atoms with E-state index in [-0.39, 0.29) is 6.10 Å². The van der Waals surface area contributed by atoms with E-state index in [1.165, 1.54) is 5.69 Å². The van der Waals surface area contributed by atoms with Gasteiger partial charge in [-0.3, -0.25) is 0 Å². The van der Waals surface area contributed by atoms with E-state index in [0.717, 1.165) is 34.0 Å². The lowest BCUT2D eigenvalue weighted by Crippen LogP contribution is -2.07. The Morgan fingerprint density at radius 2 is 2.00 bits per heavy atom. The van der Waals surface area contributed by atoms with E-state index in [2.05, 4.69) is 34.1 Å². The number of hydrogen-bond acceptors (Lipinski definition) is 4. The lowest BCUT2D eigenvalue weighted by Gasteiger charge is -2.12. The highest BCUT2D eigenvalue weighted by molar-refractivity contribution is 7.15. The Kier molecular flexibility index (Phi) is 2.84. The summed E-state index contributed by atoms with van der Waals surface area (Å²) in [4.78, 5) is 7.77. The minimum absolute atomic E-state index is 0.299. The number of nitrogens with zero attached hydrogens (tertiary/aromatic N) is 2. The fraction of sp³-hybridized carbons (Fsp3) is 0.357. The number of aliphatic hydroxyl groups is 1. The van der Waals surface area contributed by atoms with Crippen LogP contribution in [-0.2, 0) is 6.42 Å². The number of fused-ring (bicyclic) bond motifs is 1. The molecule has 4 heteroatoms. The van der Waals surface area contributed by atoms with Crippen LogP contribution in [0.4, 0.5) is 5.69 Å². The van der Waals surface area contributed by atoms with Crippen LogP contribution in [0.3, 0.4) is 0 Å². The summed E-state index contributed by atoms with van der Waals surface area (Å²) < 4.78 is 0. The third-order valence-electron chi connectivity index (χ3n) is 3.32. The van der Waals surface area contributed by atoms with Gasteiger partial charge in [-0.05, 0) is 37.1 Å². The Morgan fingerprint density at radius 1 is 1.28 bits per heavy atom. The van der Waals surface area contributed by atoms with Gasteiger partial charge in [-0.15, -0.1) is 11.3 Å². The van der Waals surface area contributed by atoms with Crippen molar-refractivity contribution in [2.24, 2.45) is 0 Å². The van der Waals surface area contributed by atoms with Gasteiger partial charge < -0.3 is 10.0 Å². The third-order valence-corrected chi connectivity index (χ3v) is 4.56. The van der Waals surface area contributed by atoms with Crippen LogP contribution in [-0.4, -0.2) is 24.2 Å². The molecule has 0 aliphatic heterocycles. The first-order chi connectivity index (χ1) is 8.65. The second-order valence-corrected chi connectivity index (χ2v) is 5.86. The van der Waals surface area contributed by atoms with E-state index in [1.807, 2.05) is 14.1 Å². The van der Waals surface area contributed by atoms with Crippen molar-refractivity contribution in [3.8, 4) is 10.6 Å². The summed E-state index contributed by atoms with van der Waals surface area (Å²) in [6.45, 7) is 0. The smallest absolute Gasteiger partial charge is 0.123 e. The molecule has 1 heterocycles. The average Bonchev–Trinajstić information content (AvgIpc) is 2.92. The highest BCUT2D eigenvalue weighted by Gasteiger charge is 2.25. The van der Waals surface area contributed by atoms with Gasteiger partial charge >= 0.3 is 0 Å². The van der Waals surface area contributed by atoms with Crippen LogP contribution in [0.25, 0.3) is 10.6 Å². The molecule has 0 saturated heterocycles. The Balaban J connectivity index is 1.93. The van der Waals surface area contributed by atoms with E-state index >= 15 is 0 Å². The highest BCUT2D eigenvalue weighted by atomic mass is 32.1. The molecule has 1 aromatic carbocycles. The first-order valence-corrected chi connectivity index (χ1v) is 6.92. The molecule has 1 aromatic heterocycles. The van der Waals surface area contributed by atoms with Gasteiger partial charge in [0.15, 0.2) is 0 Å². The molecule has 1 N–H and O–H groups in total. The molecule has 1 aliphatic carbocycles. The maximum Gasteiger partial charge on any atom is 0.123 e. The van der Waals surface area contributed by atoms with Gasteiger partial charge in [0.05, 0.1) is 16.7 Å². The molecule has 0 amide bonds. The molecule has 0 saturated carbocycles. The molecule has 3 rings (SSSR count). The monoisotopic (exact) mass is 260 g/mol.